The standard InChI is InChI=1S/C20H16N4O3/c1-27-14-7-8-15(18(25)10-14)20(26)23-13-6-9-19(21-11-13)24-12-22-16-4-2-3-5-17(16)24/h2-12,25H,1H3,(H,23,26). The lowest BCUT2D eigenvalue weighted by Crippen LogP contribution is -2.12. The van der Waals surface area contributed by atoms with E-state index in [4.69, 9.17) is 4.74 Å². The van der Waals surface area contributed by atoms with Crippen LogP contribution in [0.2, 0.25) is 0 Å². The van der Waals surface area contributed by atoms with Crippen molar-refractivity contribution < 1.29 is 14.6 Å². The maximum Gasteiger partial charge on any atom is 0.259 e. The number of rotatable bonds is 4. The molecule has 0 saturated heterocycles. The number of ether oxygens (including phenoxy) is 1. The molecule has 0 saturated carbocycles. The average molecular weight is 360 g/mol. The minimum absolute atomic E-state index is 0.152. The Morgan fingerprint density at radius 1 is 1.11 bits per heavy atom. The van der Waals surface area contributed by atoms with Crippen molar-refractivity contribution in [2.75, 3.05) is 12.4 Å². The first-order valence-electron chi connectivity index (χ1n) is 8.22. The van der Waals surface area contributed by atoms with Crippen LogP contribution in [0, 0.1) is 0 Å². The number of pyridine rings is 1. The highest BCUT2D eigenvalue weighted by Gasteiger charge is 2.13. The predicted octanol–water partition coefficient (Wildman–Crippen LogP) is 3.39. The molecule has 7 nitrogen and oxygen atoms in total. The minimum atomic E-state index is -0.433. The Bertz CT molecular complexity index is 1120. The molecule has 2 heterocycles. The lowest BCUT2D eigenvalue weighted by molar-refractivity contribution is 0.102. The number of carbonyl (C=O) groups excluding carboxylic acids is 1. The smallest absolute Gasteiger partial charge is 0.259 e. The molecule has 0 atom stereocenters. The van der Waals surface area contributed by atoms with E-state index in [1.54, 1.807) is 30.7 Å². The van der Waals surface area contributed by atoms with E-state index < -0.39 is 5.91 Å². The summed E-state index contributed by atoms with van der Waals surface area (Å²) in [5, 5.41) is 12.7. The van der Waals surface area contributed by atoms with Gasteiger partial charge in [-0.05, 0) is 36.4 Å². The van der Waals surface area contributed by atoms with Gasteiger partial charge in [-0.2, -0.15) is 0 Å². The summed E-state index contributed by atoms with van der Waals surface area (Å²) in [6, 6.07) is 15.8. The molecule has 4 rings (SSSR count). The van der Waals surface area contributed by atoms with Crippen LogP contribution in [-0.4, -0.2) is 32.7 Å². The van der Waals surface area contributed by atoms with Gasteiger partial charge in [0.2, 0.25) is 0 Å². The molecule has 0 spiro atoms. The topological polar surface area (TPSA) is 89.3 Å². The van der Waals surface area contributed by atoms with Crippen molar-refractivity contribution >= 4 is 22.6 Å². The lowest BCUT2D eigenvalue weighted by Gasteiger charge is -2.09. The van der Waals surface area contributed by atoms with Crippen LogP contribution < -0.4 is 10.1 Å². The first kappa shape index (κ1) is 16.6. The molecular formula is C20H16N4O3. The van der Waals surface area contributed by atoms with E-state index in [1.807, 2.05) is 28.8 Å². The van der Waals surface area contributed by atoms with E-state index in [-0.39, 0.29) is 11.3 Å². The molecule has 0 bridgehead atoms. The molecule has 7 heteroatoms. The summed E-state index contributed by atoms with van der Waals surface area (Å²) in [5.41, 5.74) is 2.50. The van der Waals surface area contributed by atoms with Gasteiger partial charge in [-0.25, -0.2) is 9.97 Å². The number of amides is 1. The molecule has 2 aromatic carbocycles. The number of carbonyl (C=O) groups is 1. The van der Waals surface area contributed by atoms with Crippen LogP contribution in [0.1, 0.15) is 10.4 Å². The summed E-state index contributed by atoms with van der Waals surface area (Å²) in [4.78, 5) is 21.1. The van der Waals surface area contributed by atoms with Crippen molar-refractivity contribution in [1.29, 1.82) is 0 Å². The molecule has 0 radical (unpaired) electrons. The van der Waals surface area contributed by atoms with E-state index in [2.05, 4.69) is 15.3 Å². The normalized spacial score (nSPS) is 10.7. The van der Waals surface area contributed by atoms with Crippen molar-refractivity contribution in [3.63, 3.8) is 0 Å². The number of nitrogens with one attached hydrogen (secondary N) is 1. The highest BCUT2D eigenvalue weighted by atomic mass is 16.5. The van der Waals surface area contributed by atoms with Gasteiger partial charge in [0.25, 0.3) is 5.91 Å². The number of benzene rings is 2. The third kappa shape index (κ3) is 3.18. The summed E-state index contributed by atoms with van der Waals surface area (Å²) in [6.45, 7) is 0. The van der Waals surface area contributed by atoms with Gasteiger partial charge in [-0.15, -0.1) is 0 Å². The summed E-state index contributed by atoms with van der Waals surface area (Å²) >= 11 is 0. The summed E-state index contributed by atoms with van der Waals surface area (Å²) in [6.07, 6.45) is 3.27. The quantitative estimate of drug-likeness (QED) is 0.582. The fraction of sp³-hybridized carbons (Fsp3) is 0.0500. The van der Waals surface area contributed by atoms with Gasteiger partial charge in [0.05, 0.1) is 35.6 Å². The zero-order chi connectivity index (χ0) is 18.8. The molecule has 4 aromatic rings. The maximum absolute atomic E-state index is 12.4. The summed E-state index contributed by atoms with van der Waals surface area (Å²) in [5.74, 6) is 0.579. The number of nitrogens with zero attached hydrogens (tertiary/aromatic N) is 3. The molecule has 0 fully saturated rings. The second-order valence-corrected chi connectivity index (χ2v) is 5.85. The molecule has 134 valence electrons. The van der Waals surface area contributed by atoms with Crippen LogP contribution in [0.5, 0.6) is 11.5 Å². The van der Waals surface area contributed by atoms with Crippen LogP contribution >= 0.6 is 0 Å². The molecule has 0 unspecified atom stereocenters. The zero-order valence-electron chi connectivity index (χ0n) is 14.5. The van der Waals surface area contributed by atoms with Crippen LogP contribution in [0.25, 0.3) is 16.9 Å². The fourth-order valence-electron chi connectivity index (χ4n) is 2.77. The second kappa shape index (κ2) is 6.80. The first-order valence-corrected chi connectivity index (χ1v) is 8.22. The molecule has 27 heavy (non-hydrogen) atoms. The van der Waals surface area contributed by atoms with Crippen LogP contribution in [0.4, 0.5) is 5.69 Å². The van der Waals surface area contributed by atoms with E-state index in [0.29, 0.717) is 17.3 Å². The summed E-state index contributed by atoms with van der Waals surface area (Å²) in [7, 11) is 1.49. The Labute approximate surface area is 154 Å². The average Bonchev–Trinajstić information content (AvgIpc) is 3.12. The van der Waals surface area contributed by atoms with E-state index in [1.165, 1.54) is 19.2 Å². The zero-order valence-corrected chi connectivity index (χ0v) is 14.5. The minimum Gasteiger partial charge on any atom is -0.507 e. The number of anilines is 1. The molecule has 2 aromatic heterocycles. The monoisotopic (exact) mass is 360 g/mol. The number of para-hydroxylation sites is 2. The first-order chi connectivity index (χ1) is 13.2. The number of hydrogen-bond donors (Lipinski definition) is 2. The SMILES string of the molecule is COc1ccc(C(=O)Nc2ccc(-n3cnc4ccccc43)nc2)c(O)c1. The Morgan fingerprint density at radius 2 is 1.96 bits per heavy atom. The van der Waals surface area contributed by atoms with Crippen LogP contribution in [-0.2, 0) is 0 Å². The number of imidazole rings is 1. The third-order valence-electron chi connectivity index (χ3n) is 4.16. The van der Waals surface area contributed by atoms with E-state index >= 15 is 0 Å². The fourth-order valence-corrected chi connectivity index (χ4v) is 2.77. The number of aromatic nitrogens is 3. The largest absolute Gasteiger partial charge is 0.507 e. The van der Waals surface area contributed by atoms with Crippen molar-refractivity contribution in [1.82, 2.24) is 14.5 Å². The predicted molar refractivity (Wildman–Crippen MR) is 101 cm³/mol. The van der Waals surface area contributed by atoms with Crippen molar-refractivity contribution in [3.05, 3.63) is 72.7 Å². The Kier molecular flexibility index (Phi) is 4.18. The number of hydrogen-bond acceptors (Lipinski definition) is 5. The van der Waals surface area contributed by atoms with E-state index in [9.17, 15) is 9.90 Å². The third-order valence-corrected chi connectivity index (χ3v) is 4.16. The molecular weight excluding hydrogens is 344 g/mol. The van der Waals surface area contributed by atoms with Gasteiger partial charge in [-0.1, -0.05) is 12.1 Å². The lowest BCUT2D eigenvalue weighted by atomic mass is 10.1. The second-order valence-electron chi connectivity index (χ2n) is 5.85. The number of phenolic OH excluding ortho intramolecular Hbond substituents is 1. The summed E-state index contributed by atoms with van der Waals surface area (Å²) < 4.78 is 6.89. The van der Waals surface area contributed by atoms with Gasteiger partial charge in [0.15, 0.2) is 0 Å². The highest BCUT2D eigenvalue weighted by Crippen LogP contribution is 2.24. The van der Waals surface area contributed by atoms with Gasteiger partial charge in [-0.3, -0.25) is 9.36 Å². The van der Waals surface area contributed by atoms with Gasteiger partial charge in [0, 0.05) is 6.07 Å². The van der Waals surface area contributed by atoms with Gasteiger partial charge < -0.3 is 15.2 Å². The number of fused-ring (bicyclic) bond motifs is 1. The number of phenols is 1. The Morgan fingerprint density at radius 3 is 2.70 bits per heavy atom. The molecule has 0 aliphatic heterocycles. The van der Waals surface area contributed by atoms with Crippen molar-refractivity contribution in [2.45, 2.75) is 0 Å². The van der Waals surface area contributed by atoms with Crippen molar-refractivity contribution in [3.8, 4) is 17.3 Å². The van der Waals surface area contributed by atoms with E-state index in [0.717, 1.165) is 11.0 Å². The van der Waals surface area contributed by atoms with Gasteiger partial charge in [0.1, 0.15) is 23.6 Å². The molecule has 0 aliphatic rings. The Balaban J connectivity index is 1.55. The maximum atomic E-state index is 12.4. The Hall–Kier alpha value is -3.87. The molecule has 0 aliphatic carbocycles. The van der Waals surface area contributed by atoms with Crippen molar-refractivity contribution in [2.24, 2.45) is 0 Å². The molecule has 2 N–H and O–H groups in total. The van der Waals surface area contributed by atoms with Crippen LogP contribution in [0.3, 0.4) is 0 Å². The van der Waals surface area contributed by atoms with Gasteiger partial charge >= 0.3 is 0 Å². The molecule has 1 amide bonds. The number of aromatic hydroxyl groups is 1. The van der Waals surface area contributed by atoms with Crippen LogP contribution in [0.15, 0.2) is 67.1 Å². The number of methoxy groups -OCH3 is 1. The highest BCUT2D eigenvalue weighted by molar-refractivity contribution is 6.06.